The lowest BCUT2D eigenvalue weighted by molar-refractivity contribution is 0.156. The van der Waals surface area contributed by atoms with Crippen LogP contribution in [0.5, 0.6) is 5.75 Å². The number of hydrogen-bond donors (Lipinski definition) is 0. The molecule has 1 heterocycles. The molecule has 5 nitrogen and oxygen atoms in total. The van der Waals surface area contributed by atoms with Gasteiger partial charge in [-0.1, -0.05) is 0 Å². The van der Waals surface area contributed by atoms with Gasteiger partial charge in [0.1, 0.15) is 15.9 Å². The minimum atomic E-state index is -2.95. The minimum Gasteiger partial charge on any atom is -0.487 e. The van der Waals surface area contributed by atoms with Gasteiger partial charge in [0.05, 0.1) is 17.6 Å². The van der Waals surface area contributed by atoms with E-state index in [0.29, 0.717) is 12.2 Å². The summed E-state index contributed by atoms with van der Waals surface area (Å²) >= 11 is 0. The van der Waals surface area contributed by atoms with Crippen molar-refractivity contribution in [2.45, 2.75) is 37.0 Å². The van der Waals surface area contributed by atoms with E-state index >= 15 is 0 Å². The second-order valence-electron chi connectivity index (χ2n) is 4.71. The van der Waals surface area contributed by atoms with Crippen molar-refractivity contribution in [1.82, 2.24) is 9.78 Å². The maximum absolute atomic E-state index is 11.5. The molecule has 0 aliphatic heterocycles. The highest BCUT2D eigenvalue weighted by molar-refractivity contribution is 7.91. The second-order valence-corrected chi connectivity index (χ2v) is 7.03. The van der Waals surface area contributed by atoms with E-state index < -0.39 is 9.84 Å². The highest BCUT2D eigenvalue weighted by Gasteiger charge is 2.30. The predicted molar refractivity (Wildman–Crippen MR) is 64.7 cm³/mol. The summed E-state index contributed by atoms with van der Waals surface area (Å²) in [6, 6.07) is 0. The van der Waals surface area contributed by atoms with E-state index in [2.05, 4.69) is 5.10 Å². The lowest BCUT2D eigenvalue weighted by Crippen LogP contribution is -2.33. The Morgan fingerprint density at radius 2 is 2.24 bits per heavy atom. The van der Waals surface area contributed by atoms with E-state index in [1.807, 2.05) is 7.05 Å². The van der Waals surface area contributed by atoms with Gasteiger partial charge in [-0.25, -0.2) is 8.42 Å². The first-order valence-corrected chi connectivity index (χ1v) is 7.75. The van der Waals surface area contributed by atoms with Gasteiger partial charge in [0, 0.05) is 19.7 Å². The summed E-state index contributed by atoms with van der Waals surface area (Å²) in [6.07, 6.45) is 7.93. The van der Waals surface area contributed by atoms with Crippen LogP contribution in [0.2, 0.25) is 0 Å². The predicted octanol–water partition coefficient (Wildman–Crippen LogP) is 1.15. The Balaban J connectivity index is 1.98. The van der Waals surface area contributed by atoms with Crippen LogP contribution in [0, 0.1) is 0 Å². The Kier molecular flexibility index (Phi) is 3.42. The average Bonchev–Trinajstić information content (AvgIpc) is 2.63. The van der Waals surface area contributed by atoms with Crippen LogP contribution in [0.1, 0.15) is 25.7 Å². The fourth-order valence-corrected chi connectivity index (χ4v) is 3.41. The summed E-state index contributed by atoms with van der Waals surface area (Å²) in [4.78, 5) is 0. The number of rotatable bonds is 3. The van der Waals surface area contributed by atoms with Crippen molar-refractivity contribution in [1.29, 1.82) is 0 Å². The Bertz CT molecular complexity index is 481. The van der Waals surface area contributed by atoms with E-state index in [4.69, 9.17) is 4.74 Å². The number of aromatic nitrogens is 2. The van der Waals surface area contributed by atoms with Crippen LogP contribution in [0.25, 0.3) is 0 Å². The second kappa shape index (κ2) is 4.68. The largest absolute Gasteiger partial charge is 0.487 e. The molecule has 0 saturated heterocycles. The SMILES string of the molecule is Cn1cc(OC2CCCC(S(C)(=O)=O)C2)cn1. The van der Waals surface area contributed by atoms with Gasteiger partial charge in [0.2, 0.25) is 0 Å². The van der Waals surface area contributed by atoms with Crippen molar-refractivity contribution >= 4 is 9.84 Å². The molecule has 0 spiro atoms. The van der Waals surface area contributed by atoms with Crippen LogP contribution in [0.4, 0.5) is 0 Å². The number of hydrogen-bond acceptors (Lipinski definition) is 4. The summed E-state index contributed by atoms with van der Waals surface area (Å²) < 4.78 is 30.5. The molecule has 0 amide bonds. The Labute approximate surface area is 102 Å². The molecule has 1 aromatic rings. The molecule has 0 aromatic carbocycles. The molecule has 0 bridgehead atoms. The normalized spacial score (nSPS) is 25.8. The molecular formula is C11H18N2O3S. The third-order valence-electron chi connectivity index (χ3n) is 3.17. The van der Waals surface area contributed by atoms with E-state index in [0.717, 1.165) is 19.3 Å². The van der Waals surface area contributed by atoms with Crippen molar-refractivity contribution in [2.24, 2.45) is 7.05 Å². The molecule has 17 heavy (non-hydrogen) atoms. The molecule has 1 saturated carbocycles. The quantitative estimate of drug-likeness (QED) is 0.816. The molecule has 1 aliphatic carbocycles. The van der Waals surface area contributed by atoms with Gasteiger partial charge in [-0.2, -0.15) is 5.10 Å². The lowest BCUT2D eigenvalue weighted by atomic mass is 9.97. The van der Waals surface area contributed by atoms with Crippen LogP contribution in [0.15, 0.2) is 12.4 Å². The standard InChI is InChI=1S/C11H18N2O3S/c1-13-8-10(7-12-13)16-9-4-3-5-11(6-9)17(2,14)15/h7-9,11H,3-6H2,1-2H3. The molecule has 96 valence electrons. The number of ether oxygens (including phenoxy) is 1. The molecule has 2 atom stereocenters. The van der Waals surface area contributed by atoms with Gasteiger partial charge in [-0.3, -0.25) is 4.68 Å². The van der Waals surface area contributed by atoms with Crippen molar-refractivity contribution < 1.29 is 13.2 Å². The Morgan fingerprint density at radius 1 is 1.47 bits per heavy atom. The summed E-state index contributed by atoms with van der Waals surface area (Å²) in [6.45, 7) is 0. The lowest BCUT2D eigenvalue weighted by Gasteiger charge is -2.27. The zero-order chi connectivity index (χ0) is 12.5. The van der Waals surface area contributed by atoms with E-state index in [1.54, 1.807) is 17.1 Å². The third-order valence-corrected chi connectivity index (χ3v) is 4.81. The van der Waals surface area contributed by atoms with Crippen molar-refractivity contribution in [3.05, 3.63) is 12.4 Å². The van der Waals surface area contributed by atoms with Crippen molar-refractivity contribution in [2.75, 3.05) is 6.26 Å². The number of sulfone groups is 1. The van der Waals surface area contributed by atoms with Crippen LogP contribution >= 0.6 is 0 Å². The molecule has 0 N–H and O–H groups in total. The van der Waals surface area contributed by atoms with Gasteiger partial charge < -0.3 is 4.74 Å². The third kappa shape index (κ3) is 3.21. The first kappa shape index (κ1) is 12.4. The first-order chi connectivity index (χ1) is 7.95. The van der Waals surface area contributed by atoms with Gasteiger partial charge >= 0.3 is 0 Å². The number of nitrogens with zero attached hydrogens (tertiary/aromatic N) is 2. The average molecular weight is 258 g/mol. The summed E-state index contributed by atoms with van der Waals surface area (Å²) in [5.74, 6) is 0.714. The van der Waals surface area contributed by atoms with Gasteiger partial charge in [-0.05, 0) is 19.3 Å². The van der Waals surface area contributed by atoms with E-state index in [-0.39, 0.29) is 11.4 Å². The smallest absolute Gasteiger partial charge is 0.157 e. The minimum absolute atomic E-state index is 0.00678. The Hall–Kier alpha value is -1.04. The van der Waals surface area contributed by atoms with Gasteiger partial charge in [0.15, 0.2) is 5.75 Å². The van der Waals surface area contributed by atoms with Crippen LogP contribution < -0.4 is 4.74 Å². The van der Waals surface area contributed by atoms with Crippen LogP contribution in [-0.4, -0.2) is 35.8 Å². The van der Waals surface area contributed by atoms with Gasteiger partial charge in [0.25, 0.3) is 0 Å². The fraction of sp³-hybridized carbons (Fsp3) is 0.727. The zero-order valence-corrected chi connectivity index (χ0v) is 11.0. The van der Waals surface area contributed by atoms with Crippen molar-refractivity contribution in [3.63, 3.8) is 0 Å². The topological polar surface area (TPSA) is 61.2 Å². The van der Waals surface area contributed by atoms with Crippen LogP contribution in [0.3, 0.4) is 0 Å². The molecule has 1 aliphatic rings. The summed E-state index contributed by atoms with van der Waals surface area (Å²) in [7, 11) is -1.12. The molecule has 0 radical (unpaired) electrons. The fourth-order valence-electron chi connectivity index (χ4n) is 2.25. The summed E-state index contributed by atoms with van der Waals surface area (Å²) in [5.41, 5.74) is 0. The Morgan fingerprint density at radius 3 is 2.82 bits per heavy atom. The molecule has 2 unspecified atom stereocenters. The molecule has 1 fully saturated rings. The van der Waals surface area contributed by atoms with E-state index in [1.165, 1.54) is 6.26 Å². The van der Waals surface area contributed by atoms with Crippen molar-refractivity contribution in [3.8, 4) is 5.75 Å². The molecule has 1 aromatic heterocycles. The monoisotopic (exact) mass is 258 g/mol. The molecule has 6 heteroatoms. The number of aryl methyl sites for hydroxylation is 1. The van der Waals surface area contributed by atoms with Gasteiger partial charge in [-0.15, -0.1) is 0 Å². The maximum atomic E-state index is 11.5. The first-order valence-electron chi connectivity index (χ1n) is 5.79. The van der Waals surface area contributed by atoms with E-state index in [9.17, 15) is 8.42 Å². The zero-order valence-electron chi connectivity index (χ0n) is 10.2. The summed E-state index contributed by atoms with van der Waals surface area (Å²) in [5, 5.41) is 3.77. The maximum Gasteiger partial charge on any atom is 0.157 e. The highest BCUT2D eigenvalue weighted by atomic mass is 32.2. The highest BCUT2D eigenvalue weighted by Crippen LogP contribution is 2.27. The molecular weight excluding hydrogens is 240 g/mol. The van der Waals surface area contributed by atoms with Crippen LogP contribution in [-0.2, 0) is 16.9 Å². The molecule has 2 rings (SSSR count).